The van der Waals surface area contributed by atoms with Gasteiger partial charge in [0.25, 0.3) is 5.60 Å². The molecule has 0 radical (unpaired) electrons. The fourth-order valence-corrected chi connectivity index (χ4v) is 7.42. The summed E-state index contributed by atoms with van der Waals surface area (Å²) >= 11 is 0. The third-order valence-corrected chi connectivity index (χ3v) is 9.92. The van der Waals surface area contributed by atoms with Gasteiger partial charge in [-0.1, -0.05) is 24.6 Å². The minimum absolute atomic E-state index is 0.0106. The van der Waals surface area contributed by atoms with Gasteiger partial charge in [-0.25, -0.2) is 12.8 Å². The summed E-state index contributed by atoms with van der Waals surface area (Å²) in [7, 11) is -4.38. The predicted octanol–water partition coefficient (Wildman–Crippen LogP) is 5.62. The molecule has 2 fully saturated rings. The molecule has 4 rings (SSSR count). The van der Waals surface area contributed by atoms with E-state index >= 15 is 0 Å². The number of halogens is 7. The number of benzene rings is 2. The van der Waals surface area contributed by atoms with Crippen LogP contribution in [0.1, 0.15) is 61.1 Å². The summed E-state index contributed by atoms with van der Waals surface area (Å²) in [6.45, 7) is 0. The fraction of sp³-hybridized carbons (Fsp3) is 0.500. The maximum absolute atomic E-state index is 13.9. The summed E-state index contributed by atoms with van der Waals surface area (Å²) < 4.78 is 121. The van der Waals surface area contributed by atoms with E-state index in [1.807, 2.05) is 0 Å². The second-order valence-corrected chi connectivity index (χ2v) is 11.7. The Morgan fingerprint density at radius 1 is 0.889 bits per heavy atom. The molecule has 2 atom stereocenters. The van der Waals surface area contributed by atoms with Crippen molar-refractivity contribution < 1.29 is 49.4 Å². The zero-order valence-electron chi connectivity index (χ0n) is 18.7. The zero-order chi connectivity index (χ0) is 26.7. The van der Waals surface area contributed by atoms with Gasteiger partial charge in [-0.3, -0.25) is 0 Å². The molecule has 2 aromatic rings. The number of sulfone groups is 1. The largest absolute Gasteiger partial charge is 0.430 e. The first-order valence-corrected chi connectivity index (χ1v) is 12.7. The van der Waals surface area contributed by atoms with Gasteiger partial charge >= 0.3 is 12.4 Å². The Morgan fingerprint density at radius 3 is 1.92 bits per heavy atom. The Kier molecular flexibility index (Phi) is 6.49. The van der Waals surface area contributed by atoms with Crippen LogP contribution in [0.5, 0.6) is 0 Å². The highest BCUT2D eigenvalue weighted by Crippen LogP contribution is 2.55. The zero-order valence-corrected chi connectivity index (χ0v) is 19.5. The van der Waals surface area contributed by atoms with Crippen molar-refractivity contribution in [1.29, 1.82) is 0 Å². The van der Waals surface area contributed by atoms with Crippen LogP contribution in [0.15, 0.2) is 47.4 Å². The number of aliphatic hydroxyl groups excluding tert-OH is 1. The molecule has 2 saturated carbocycles. The van der Waals surface area contributed by atoms with E-state index in [9.17, 15) is 49.4 Å². The lowest BCUT2D eigenvalue weighted by Gasteiger charge is -2.38. The molecule has 0 saturated heterocycles. The fourth-order valence-electron chi connectivity index (χ4n) is 5.21. The molecule has 0 heterocycles. The van der Waals surface area contributed by atoms with E-state index in [1.165, 1.54) is 0 Å². The van der Waals surface area contributed by atoms with E-state index in [2.05, 4.69) is 0 Å². The van der Waals surface area contributed by atoms with Crippen LogP contribution in [0.3, 0.4) is 0 Å². The average molecular weight is 540 g/mol. The molecule has 0 aliphatic heterocycles. The van der Waals surface area contributed by atoms with Crippen molar-refractivity contribution in [3.05, 3.63) is 65.0 Å². The van der Waals surface area contributed by atoms with Crippen molar-refractivity contribution in [3.63, 3.8) is 0 Å². The predicted molar refractivity (Wildman–Crippen MR) is 114 cm³/mol. The van der Waals surface area contributed by atoms with Crippen LogP contribution < -0.4 is 0 Å². The lowest BCUT2D eigenvalue weighted by Crippen LogP contribution is -2.54. The quantitative estimate of drug-likeness (QED) is 0.382. The SMILES string of the molecule is O=S(=O)(c1ccc(F)cc1)C1(c2ccc(C(O)(C(F)(F)F)C(F)(F)F)cc2C2CCC2)CCC(O)C1. The van der Waals surface area contributed by atoms with Gasteiger partial charge in [-0.05, 0) is 73.4 Å². The van der Waals surface area contributed by atoms with Gasteiger partial charge in [-0.15, -0.1) is 0 Å². The summed E-state index contributed by atoms with van der Waals surface area (Å²) in [5, 5.41) is 20.3. The molecule has 4 nitrogen and oxygen atoms in total. The summed E-state index contributed by atoms with van der Waals surface area (Å²) in [6.07, 6.45) is -12.3. The number of alkyl halides is 6. The van der Waals surface area contributed by atoms with Gasteiger partial charge in [0.1, 0.15) is 10.6 Å². The second-order valence-electron chi connectivity index (χ2n) is 9.48. The number of rotatable bonds is 5. The van der Waals surface area contributed by atoms with Crippen LogP contribution in [0.4, 0.5) is 30.7 Å². The van der Waals surface area contributed by atoms with Crippen molar-refractivity contribution in [2.24, 2.45) is 0 Å². The van der Waals surface area contributed by atoms with E-state index in [0.29, 0.717) is 31.4 Å². The monoisotopic (exact) mass is 540 g/mol. The molecule has 0 bridgehead atoms. The molecular weight excluding hydrogens is 517 g/mol. The third kappa shape index (κ3) is 4.01. The van der Waals surface area contributed by atoms with Gasteiger partial charge in [0.05, 0.1) is 11.0 Å². The molecule has 2 aliphatic carbocycles. The Hall–Kier alpha value is -2.18. The van der Waals surface area contributed by atoms with E-state index < -0.39 is 55.9 Å². The molecule has 2 aliphatic rings. The van der Waals surface area contributed by atoms with Gasteiger partial charge in [0, 0.05) is 5.56 Å². The lowest BCUT2D eigenvalue weighted by atomic mass is 9.74. The summed E-state index contributed by atoms with van der Waals surface area (Å²) in [6, 6.07) is 5.85. The number of hydrogen-bond donors (Lipinski definition) is 2. The van der Waals surface area contributed by atoms with Crippen LogP contribution in [0.2, 0.25) is 0 Å². The highest BCUT2D eigenvalue weighted by Gasteiger charge is 2.71. The maximum Gasteiger partial charge on any atom is 0.430 e. The normalized spacial score (nSPS) is 24.1. The average Bonchev–Trinajstić information content (AvgIpc) is 3.14. The number of aliphatic hydroxyl groups is 2. The molecule has 0 spiro atoms. The first-order chi connectivity index (χ1) is 16.5. The molecule has 198 valence electrons. The smallest absolute Gasteiger partial charge is 0.393 e. The molecule has 12 heteroatoms. The first-order valence-electron chi connectivity index (χ1n) is 11.2. The van der Waals surface area contributed by atoms with Gasteiger partial charge < -0.3 is 10.2 Å². The molecule has 2 unspecified atom stereocenters. The minimum Gasteiger partial charge on any atom is -0.393 e. The van der Waals surface area contributed by atoms with Crippen molar-refractivity contribution in [2.75, 3.05) is 0 Å². The summed E-state index contributed by atoms with van der Waals surface area (Å²) in [5.41, 5.74) is -6.66. The van der Waals surface area contributed by atoms with Crippen molar-refractivity contribution in [2.45, 2.75) is 78.1 Å². The van der Waals surface area contributed by atoms with Gasteiger partial charge in [0.15, 0.2) is 9.84 Å². The van der Waals surface area contributed by atoms with Crippen molar-refractivity contribution >= 4 is 9.84 Å². The van der Waals surface area contributed by atoms with Crippen LogP contribution >= 0.6 is 0 Å². The molecular formula is C24H23F7O4S. The summed E-state index contributed by atoms with van der Waals surface area (Å²) in [5.74, 6) is -1.23. The van der Waals surface area contributed by atoms with Crippen molar-refractivity contribution in [3.8, 4) is 0 Å². The molecule has 2 aromatic carbocycles. The number of hydrogen-bond acceptors (Lipinski definition) is 4. The molecule has 0 amide bonds. The van der Waals surface area contributed by atoms with E-state index in [4.69, 9.17) is 0 Å². The van der Waals surface area contributed by atoms with Crippen LogP contribution in [0, 0.1) is 5.82 Å². The topological polar surface area (TPSA) is 74.6 Å². The van der Waals surface area contributed by atoms with Crippen LogP contribution in [-0.2, 0) is 20.2 Å². The van der Waals surface area contributed by atoms with Crippen LogP contribution in [0.25, 0.3) is 0 Å². The van der Waals surface area contributed by atoms with E-state index in [1.54, 1.807) is 0 Å². The first kappa shape index (κ1) is 26.9. The van der Waals surface area contributed by atoms with E-state index in [0.717, 1.165) is 30.3 Å². The molecule has 36 heavy (non-hydrogen) atoms. The standard InChI is InChI=1S/C24H23F7O4S/c25-16-5-7-18(8-6-16)36(34,35)21(11-10-17(32)13-21)20-9-4-15(12-19(20)14-2-1-3-14)22(33,23(26,27)28)24(29,30)31/h4-9,12,14,17,32-33H,1-3,10-11,13H2. The summed E-state index contributed by atoms with van der Waals surface area (Å²) in [4.78, 5) is -0.288. The molecule has 0 aromatic heterocycles. The maximum atomic E-state index is 13.9. The Bertz CT molecular complexity index is 1220. The Labute approximate surface area is 202 Å². The third-order valence-electron chi connectivity index (χ3n) is 7.41. The minimum atomic E-state index is -6.09. The van der Waals surface area contributed by atoms with Gasteiger partial charge in [0.2, 0.25) is 0 Å². The van der Waals surface area contributed by atoms with Crippen molar-refractivity contribution in [1.82, 2.24) is 0 Å². The highest BCUT2D eigenvalue weighted by atomic mass is 32.2. The Morgan fingerprint density at radius 2 is 1.47 bits per heavy atom. The van der Waals surface area contributed by atoms with E-state index in [-0.39, 0.29) is 35.3 Å². The second kappa shape index (κ2) is 8.70. The lowest BCUT2D eigenvalue weighted by molar-refractivity contribution is -0.376. The molecule has 2 N–H and O–H groups in total. The van der Waals surface area contributed by atoms with Gasteiger partial charge in [-0.2, -0.15) is 26.3 Å². The Balaban J connectivity index is 1.97. The highest BCUT2D eigenvalue weighted by molar-refractivity contribution is 7.92. The van der Waals surface area contributed by atoms with Crippen LogP contribution in [-0.4, -0.2) is 37.1 Å².